The van der Waals surface area contributed by atoms with Crippen molar-refractivity contribution in [3.8, 4) is 0 Å². The van der Waals surface area contributed by atoms with Gasteiger partial charge < -0.3 is 14.7 Å². The molecule has 0 spiro atoms. The van der Waals surface area contributed by atoms with E-state index in [1.54, 1.807) is 4.90 Å². The molecule has 0 saturated heterocycles. The number of ketones is 1. The van der Waals surface area contributed by atoms with Crippen molar-refractivity contribution in [1.29, 1.82) is 0 Å². The van der Waals surface area contributed by atoms with Gasteiger partial charge in [0.1, 0.15) is 5.78 Å². The number of Topliss-reactive ketones (excluding diaryl/α,β-unsaturated/α-hetero) is 1. The summed E-state index contributed by atoms with van der Waals surface area (Å²) < 4.78 is 5.97. The Morgan fingerprint density at radius 2 is 1.89 bits per heavy atom. The molecule has 8 atom stereocenters. The first-order chi connectivity index (χ1) is 17.1. The van der Waals surface area contributed by atoms with E-state index in [4.69, 9.17) is 4.74 Å². The first kappa shape index (κ1) is 27.7. The molecule has 4 saturated carbocycles. The second-order valence-corrected chi connectivity index (χ2v) is 13.2. The summed E-state index contributed by atoms with van der Waals surface area (Å²) in [5, 5.41) is 10.9. The van der Waals surface area contributed by atoms with Crippen LogP contribution in [0.5, 0.6) is 0 Å². The molecule has 4 aliphatic carbocycles. The van der Waals surface area contributed by atoms with Gasteiger partial charge in [-0.05, 0) is 98.2 Å². The molecule has 4 fully saturated rings. The highest BCUT2D eigenvalue weighted by molar-refractivity contribution is 5.79. The SMILES string of the molecule is C=C(CC[C@@H]1CC2CC(=O)CCC2(C)C2CCC3(C)C(O)CCC3C21)OCCCC(=O)N(C)CCC. The van der Waals surface area contributed by atoms with E-state index >= 15 is 0 Å². The number of nitrogens with zero attached hydrogens (tertiary/aromatic N) is 1. The summed E-state index contributed by atoms with van der Waals surface area (Å²) in [6.07, 6.45) is 12.1. The average Bonchev–Trinajstić information content (AvgIpc) is 3.15. The van der Waals surface area contributed by atoms with Crippen molar-refractivity contribution in [2.24, 2.45) is 40.4 Å². The molecule has 1 amide bonds. The zero-order valence-electron chi connectivity index (χ0n) is 23.4. The van der Waals surface area contributed by atoms with E-state index in [1.807, 2.05) is 7.05 Å². The summed E-state index contributed by atoms with van der Waals surface area (Å²) in [5.74, 6) is 4.43. The zero-order chi connectivity index (χ0) is 26.1. The number of carbonyl (C=O) groups excluding carboxylic acids is 2. The third kappa shape index (κ3) is 5.28. The van der Waals surface area contributed by atoms with Crippen LogP contribution in [0.25, 0.3) is 0 Å². The molecule has 4 aliphatic rings. The maximum Gasteiger partial charge on any atom is 0.222 e. The molecule has 0 aromatic rings. The molecule has 0 aromatic carbocycles. The smallest absolute Gasteiger partial charge is 0.222 e. The van der Waals surface area contributed by atoms with Gasteiger partial charge in [-0.2, -0.15) is 0 Å². The van der Waals surface area contributed by atoms with Crippen LogP contribution in [0.2, 0.25) is 0 Å². The highest BCUT2D eigenvalue weighted by atomic mass is 16.5. The lowest BCUT2D eigenvalue weighted by molar-refractivity contribution is -0.156. The summed E-state index contributed by atoms with van der Waals surface area (Å²) in [5.41, 5.74) is 0.326. The van der Waals surface area contributed by atoms with E-state index in [1.165, 1.54) is 6.42 Å². The van der Waals surface area contributed by atoms with Gasteiger partial charge in [0.2, 0.25) is 5.91 Å². The fourth-order valence-corrected chi connectivity index (χ4v) is 9.00. The predicted molar refractivity (Wildman–Crippen MR) is 143 cm³/mol. The summed E-state index contributed by atoms with van der Waals surface area (Å²) in [4.78, 5) is 26.4. The monoisotopic (exact) mass is 501 g/mol. The number of amides is 1. The van der Waals surface area contributed by atoms with Crippen LogP contribution in [0, 0.1) is 40.4 Å². The highest BCUT2D eigenvalue weighted by Gasteiger charge is 2.62. The number of carbonyl (C=O) groups is 2. The van der Waals surface area contributed by atoms with Crippen molar-refractivity contribution < 1.29 is 19.4 Å². The average molecular weight is 502 g/mol. The number of aliphatic hydroxyl groups is 1. The minimum absolute atomic E-state index is 0.0537. The lowest BCUT2D eigenvalue weighted by Gasteiger charge is -2.62. The Balaban J connectivity index is 1.37. The lowest BCUT2D eigenvalue weighted by atomic mass is 9.42. The topological polar surface area (TPSA) is 66.8 Å². The minimum Gasteiger partial charge on any atom is -0.499 e. The van der Waals surface area contributed by atoms with Crippen molar-refractivity contribution >= 4 is 11.7 Å². The third-order valence-electron chi connectivity index (χ3n) is 11.2. The fourth-order valence-electron chi connectivity index (χ4n) is 9.00. The lowest BCUT2D eigenvalue weighted by Crippen LogP contribution is -2.57. The Kier molecular flexibility index (Phi) is 8.59. The van der Waals surface area contributed by atoms with Gasteiger partial charge in [0.05, 0.1) is 18.5 Å². The number of hydrogen-bond acceptors (Lipinski definition) is 4. The van der Waals surface area contributed by atoms with Gasteiger partial charge in [-0.1, -0.05) is 27.4 Å². The number of rotatable bonds is 10. The highest BCUT2D eigenvalue weighted by Crippen LogP contribution is 2.67. The van der Waals surface area contributed by atoms with Gasteiger partial charge in [0.15, 0.2) is 0 Å². The Bertz CT molecular complexity index is 825. The molecule has 0 radical (unpaired) electrons. The maximum atomic E-state index is 12.4. The van der Waals surface area contributed by atoms with Crippen LogP contribution in [0.15, 0.2) is 12.3 Å². The molecule has 0 aromatic heterocycles. The molecule has 5 heteroatoms. The van der Waals surface area contributed by atoms with Crippen molar-refractivity contribution in [3.05, 3.63) is 12.3 Å². The Morgan fingerprint density at radius 1 is 1.14 bits per heavy atom. The van der Waals surface area contributed by atoms with E-state index in [0.717, 1.165) is 82.9 Å². The number of allylic oxidation sites excluding steroid dienone is 1. The molecule has 5 nitrogen and oxygen atoms in total. The first-order valence-electron chi connectivity index (χ1n) is 14.8. The molecule has 0 aliphatic heterocycles. The van der Waals surface area contributed by atoms with Crippen molar-refractivity contribution in [3.63, 3.8) is 0 Å². The molecule has 204 valence electrons. The van der Waals surface area contributed by atoms with Gasteiger partial charge in [0, 0.05) is 39.3 Å². The van der Waals surface area contributed by atoms with Crippen LogP contribution < -0.4 is 0 Å². The van der Waals surface area contributed by atoms with Crippen LogP contribution in [0.4, 0.5) is 0 Å². The van der Waals surface area contributed by atoms with Crippen molar-refractivity contribution in [2.75, 3.05) is 20.2 Å². The van der Waals surface area contributed by atoms with E-state index in [-0.39, 0.29) is 22.8 Å². The van der Waals surface area contributed by atoms with Crippen LogP contribution in [0.3, 0.4) is 0 Å². The number of ether oxygens (including phenoxy) is 1. The van der Waals surface area contributed by atoms with Gasteiger partial charge in [0.25, 0.3) is 0 Å². The van der Waals surface area contributed by atoms with Crippen molar-refractivity contribution in [1.82, 2.24) is 4.90 Å². The van der Waals surface area contributed by atoms with Crippen molar-refractivity contribution in [2.45, 2.75) is 110 Å². The molecular weight excluding hydrogens is 450 g/mol. The Morgan fingerprint density at radius 3 is 2.64 bits per heavy atom. The maximum absolute atomic E-state index is 12.4. The molecule has 0 bridgehead atoms. The molecule has 1 N–H and O–H groups in total. The number of fused-ring (bicyclic) bond motifs is 5. The van der Waals surface area contributed by atoms with E-state index < -0.39 is 0 Å². The van der Waals surface area contributed by atoms with Crippen LogP contribution in [0.1, 0.15) is 104 Å². The standard InChI is InChI=1S/C31H51NO4/c1-6-17-32(5)28(35)8-7-18-36-21(2)9-10-22-19-23-20-24(33)13-15-30(23,3)26-14-16-31(4)25(29(22)26)11-12-27(31)34/h22-23,25-27,29,34H,2,6-20H2,1,3-5H3/t22-,23?,25?,26?,27?,29?,30?,31?/m1/s1. The normalized spacial score (nSPS) is 39.6. The van der Waals surface area contributed by atoms with Crippen LogP contribution in [-0.4, -0.2) is 48.0 Å². The minimum atomic E-state index is -0.167. The molecule has 7 unspecified atom stereocenters. The number of aliphatic hydroxyl groups excluding tert-OH is 1. The predicted octanol–water partition coefficient (Wildman–Crippen LogP) is 6.14. The summed E-state index contributed by atoms with van der Waals surface area (Å²) >= 11 is 0. The zero-order valence-corrected chi connectivity index (χ0v) is 23.4. The quantitative estimate of drug-likeness (QED) is 0.288. The molecule has 36 heavy (non-hydrogen) atoms. The second kappa shape index (κ2) is 11.2. The largest absolute Gasteiger partial charge is 0.499 e. The van der Waals surface area contributed by atoms with E-state index in [2.05, 4.69) is 27.4 Å². The van der Waals surface area contributed by atoms with Gasteiger partial charge in [-0.3, -0.25) is 9.59 Å². The van der Waals surface area contributed by atoms with Gasteiger partial charge in [-0.15, -0.1) is 0 Å². The van der Waals surface area contributed by atoms with Crippen LogP contribution in [-0.2, 0) is 14.3 Å². The van der Waals surface area contributed by atoms with Gasteiger partial charge >= 0.3 is 0 Å². The fraction of sp³-hybridized carbons (Fsp3) is 0.871. The van der Waals surface area contributed by atoms with E-state index in [9.17, 15) is 14.7 Å². The second-order valence-electron chi connectivity index (χ2n) is 13.2. The first-order valence-corrected chi connectivity index (χ1v) is 14.8. The molecule has 4 rings (SSSR count). The number of hydrogen-bond donors (Lipinski definition) is 1. The molecule has 0 heterocycles. The van der Waals surface area contributed by atoms with Crippen LogP contribution >= 0.6 is 0 Å². The van der Waals surface area contributed by atoms with Gasteiger partial charge in [-0.25, -0.2) is 0 Å². The summed E-state index contributed by atoms with van der Waals surface area (Å²) in [6, 6.07) is 0. The summed E-state index contributed by atoms with van der Waals surface area (Å²) in [7, 11) is 1.87. The Labute approximate surface area is 219 Å². The summed E-state index contributed by atoms with van der Waals surface area (Å²) in [6.45, 7) is 12.5. The Hall–Kier alpha value is -1.36. The third-order valence-corrected chi connectivity index (χ3v) is 11.2. The molecular formula is C31H51NO4. The van der Waals surface area contributed by atoms with E-state index in [0.29, 0.717) is 48.4 Å².